The SMILES string of the molecule is COc1cccc(CN2CCN(C(=O)C3CCN(S(C)(=O)=O)CC3)CC2)c1. The normalized spacial score (nSPS) is 20.6. The number of carbonyl (C=O) groups is 1. The zero-order valence-corrected chi connectivity index (χ0v) is 17.0. The number of hydrogen-bond acceptors (Lipinski definition) is 5. The lowest BCUT2D eigenvalue weighted by molar-refractivity contribution is -0.138. The molecule has 7 nitrogen and oxygen atoms in total. The second-order valence-corrected chi connectivity index (χ2v) is 9.37. The molecule has 2 saturated heterocycles. The van der Waals surface area contributed by atoms with E-state index in [2.05, 4.69) is 11.0 Å². The summed E-state index contributed by atoms with van der Waals surface area (Å²) in [5.74, 6) is 0.999. The van der Waals surface area contributed by atoms with Crippen molar-refractivity contribution < 1.29 is 17.9 Å². The second kappa shape index (κ2) is 8.58. The molecule has 0 radical (unpaired) electrons. The van der Waals surface area contributed by atoms with Crippen LogP contribution < -0.4 is 4.74 Å². The van der Waals surface area contributed by atoms with Crippen LogP contribution in [0.4, 0.5) is 0 Å². The van der Waals surface area contributed by atoms with Crippen LogP contribution in [0.15, 0.2) is 24.3 Å². The molecule has 0 bridgehead atoms. The zero-order valence-electron chi connectivity index (χ0n) is 16.1. The number of hydrogen-bond donors (Lipinski definition) is 0. The van der Waals surface area contributed by atoms with Crippen molar-refractivity contribution >= 4 is 15.9 Å². The molecule has 27 heavy (non-hydrogen) atoms. The highest BCUT2D eigenvalue weighted by Crippen LogP contribution is 2.22. The smallest absolute Gasteiger partial charge is 0.225 e. The predicted octanol–water partition coefficient (Wildman–Crippen LogP) is 1.01. The topological polar surface area (TPSA) is 70.2 Å². The van der Waals surface area contributed by atoms with Gasteiger partial charge in [-0.25, -0.2) is 12.7 Å². The van der Waals surface area contributed by atoms with Crippen molar-refractivity contribution in [2.24, 2.45) is 5.92 Å². The molecule has 0 N–H and O–H groups in total. The quantitative estimate of drug-likeness (QED) is 0.744. The molecular weight excluding hydrogens is 366 g/mol. The number of methoxy groups -OCH3 is 1. The van der Waals surface area contributed by atoms with Crippen LogP contribution in [0.5, 0.6) is 5.75 Å². The lowest BCUT2D eigenvalue weighted by atomic mass is 9.96. The number of amides is 1. The lowest BCUT2D eigenvalue weighted by Gasteiger charge is -2.38. The average Bonchev–Trinajstić information content (AvgIpc) is 2.67. The molecule has 2 aliphatic rings. The summed E-state index contributed by atoms with van der Waals surface area (Å²) in [6, 6.07) is 8.08. The number of nitrogens with zero attached hydrogens (tertiary/aromatic N) is 3. The van der Waals surface area contributed by atoms with Crippen LogP contribution in [0.2, 0.25) is 0 Å². The average molecular weight is 396 g/mol. The maximum Gasteiger partial charge on any atom is 0.225 e. The monoisotopic (exact) mass is 395 g/mol. The summed E-state index contributed by atoms with van der Waals surface area (Å²) in [6.45, 7) is 4.92. The van der Waals surface area contributed by atoms with Gasteiger partial charge in [0.05, 0.1) is 13.4 Å². The fourth-order valence-corrected chi connectivity index (χ4v) is 4.72. The molecule has 150 valence electrons. The number of carbonyl (C=O) groups excluding carboxylic acids is 1. The van der Waals surface area contributed by atoms with Crippen LogP contribution in [0, 0.1) is 5.92 Å². The minimum atomic E-state index is -3.15. The molecule has 0 atom stereocenters. The van der Waals surface area contributed by atoms with Gasteiger partial charge in [0.1, 0.15) is 5.75 Å². The summed E-state index contributed by atoms with van der Waals surface area (Å²) < 4.78 is 30.0. The van der Waals surface area contributed by atoms with Crippen LogP contribution in [0.1, 0.15) is 18.4 Å². The minimum absolute atomic E-state index is 0.0482. The Labute approximate surface area is 161 Å². The van der Waals surface area contributed by atoms with Gasteiger partial charge in [-0.2, -0.15) is 0 Å². The summed E-state index contributed by atoms with van der Waals surface area (Å²) in [5, 5.41) is 0. The van der Waals surface area contributed by atoms with E-state index >= 15 is 0 Å². The van der Waals surface area contributed by atoms with E-state index in [4.69, 9.17) is 4.74 Å². The van der Waals surface area contributed by atoms with Gasteiger partial charge in [0.2, 0.25) is 15.9 Å². The molecule has 0 saturated carbocycles. The minimum Gasteiger partial charge on any atom is -0.497 e. The van der Waals surface area contributed by atoms with Gasteiger partial charge < -0.3 is 9.64 Å². The molecule has 8 heteroatoms. The number of rotatable bonds is 5. The summed E-state index contributed by atoms with van der Waals surface area (Å²) in [5.41, 5.74) is 1.21. The van der Waals surface area contributed by atoms with E-state index in [9.17, 15) is 13.2 Å². The van der Waals surface area contributed by atoms with Gasteiger partial charge in [0.25, 0.3) is 0 Å². The first-order valence-corrected chi connectivity index (χ1v) is 11.3. The molecule has 0 aliphatic carbocycles. The van der Waals surface area contributed by atoms with Crippen LogP contribution in [0.3, 0.4) is 0 Å². The van der Waals surface area contributed by atoms with Crippen molar-refractivity contribution in [3.8, 4) is 5.75 Å². The number of ether oxygens (including phenoxy) is 1. The van der Waals surface area contributed by atoms with Gasteiger partial charge >= 0.3 is 0 Å². The molecule has 2 fully saturated rings. The molecule has 2 aliphatic heterocycles. The van der Waals surface area contributed by atoms with Gasteiger partial charge in [-0.15, -0.1) is 0 Å². The summed E-state index contributed by atoms with van der Waals surface area (Å²) in [4.78, 5) is 17.1. The van der Waals surface area contributed by atoms with E-state index < -0.39 is 10.0 Å². The Morgan fingerprint density at radius 3 is 2.37 bits per heavy atom. The standard InChI is InChI=1S/C19H29N3O4S/c1-26-18-5-3-4-16(14-18)15-20-10-12-21(13-11-20)19(23)17-6-8-22(9-7-17)27(2,24)25/h3-5,14,17H,6-13,15H2,1-2H3. The third kappa shape index (κ3) is 5.21. The van der Waals surface area contributed by atoms with Gasteiger partial charge in [0.15, 0.2) is 0 Å². The fraction of sp³-hybridized carbons (Fsp3) is 0.632. The molecular formula is C19H29N3O4S. The molecule has 2 heterocycles. The third-order valence-electron chi connectivity index (χ3n) is 5.50. The molecule has 0 aromatic heterocycles. The molecule has 1 aromatic carbocycles. The molecule has 1 aromatic rings. The van der Waals surface area contributed by atoms with Gasteiger partial charge in [-0.05, 0) is 30.5 Å². The van der Waals surface area contributed by atoms with Crippen LogP contribution in [-0.4, -0.2) is 81.1 Å². The maximum atomic E-state index is 12.8. The van der Waals surface area contributed by atoms with Crippen LogP contribution >= 0.6 is 0 Å². The summed E-state index contributed by atoms with van der Waals surface area (Å²) in [6.07, 6.45) is 2.47. The van der Waals surface area contributed by atoms with Crippen molar-refractivity contribution in [2.75, 3.05) is 52.6 Å². The van der Waals surface area contributed by atoms with E-state index in [0.717, 1.165) is 38.5 Å². The van der Waals surface area contributed by atoms with Crippen molar-refractivity contribution in [1.29, 1.82) is 0 Å². The summed E-state index contributed by atoms with van der Waals surface area (Å²) in [7, 11) is -1.48. The Balaban J connectivity index is 1.47. The van der Waals surface area contributed by atoms with Crippen molar-refractivity contribution in [2.45, 2.75) is 19.4 Å². The van der Waals surface area contributed by atoms with Crippen molar-refractivity contribution in [1.82, 2.24) is 14.1 Å². The van der Waals surface area contributed by atoms with Crippen molar-refractivity contribution in [3.63, 3.8) is 0 Å². The Morgan fingerprint density at radius 2 is 1.78 bits per heavy atom. The number of sulfonamides is 1. The van der Waals surface area contributed by atoms with Crippen LogP contribution in [0.25, 0.3) is 0 Å². The first-order valence-electron chi connectivity index (χ1n) is 9.46. The largest absolute Gasteiger partial charge is 0.497 e. The second-order valence-electron chi connectivity index (χ2n) is 7.39. The van der Waals surface area contributed by atoms with E-state index in [1.54, 1.807) is 7.11 Å². The van der Waals surface area contributed by atoms with Gasteiger partial charge in [0, 0.05) is 51.7 Å². The van der Waals surface area contributed by atoms with E-state index in [-0.39, 0.29) is 11.8 Å². The maximum absolute atomic E-state index is 12.8. The summed E-state index contributed by atoms with van der Waals surface area (Å²) >= 11 is 0. The van der Waals surface area contributed by atoms with Crippen molar-refractivity contribution in [3.05, 3.63) is 29.8 Å². The molecule has 3 rings (SSSR count). The van der Waals surface area contributed by atoms with Gasteiger partial charge in [-0.1, -0.05) is 12.1 Å². The molecule has 0 unspecified atom stereocenters. The van der Waals surface area contributed by atoms with E-state index in [1.807, 2.05) is 23.1 Å². The highest BCUT2D eigenvalue weighted by molar-refractivity contribution is 7.88. The van der Waals surface area contributed by atoms with Gasteiger partial charge in [-0.3, -0.25) is 9.69 Å². The van der Waals surface area contributed by atoms with E-state index in [0.29, 0.717) is 25.9 Å². The molecule has 1 amide bonds. The Hall–Kier alpha value is -1.64. The first-order chi connectivity index (χ1) is 12.9. The Bertz CT molecular complexity index is 752. The zero-order chi connectivity index (χ0) is 19.4. The third-order valence-corrected chi connectivity index (χ3v) is 6.80. The first kappa shape index (κ1) is 20.1. The highest BCUT2D eigenvalue weighted by atomic mass is 32.2. The number of piperidine rings is 1. The fourth-order valence-electron chi connectivity index (χ4n) is 3.85. The Kier molecular flexibility index (Phi) is 6.39. The van der Waals surface area contributed by atoms with E-state index in [1.165, 1.54) is 16.1 Å². The Morgan fingerprint density at radius 1 is 1.11 bits per heavy atom. The van der Waals surface area contributed by atoms with Crippen LogP contribution in [-0.2, 0) is 21.4 Å². The predicted molar refractivity (Wildman–Crippen MR) is 104 cm³/mol. The number of piperazine rings is 1. The number of benzene rings is 1. The molecule has 0 spiro atoms. The highest BCUT2D eigenvalue weighted by Gasteiger charge is 2.32. The lowest BCUT2D eigenvalue weighted by Crippen LogP contribution is -2.51.